The maximum atomic E-state index is 13.0. The largest absolute Gasteiger partial charge is 0.348 e. The molecule has 0 saturated heterocycles. The molecule has 0 spiro atoms. The summed E-state index contributed by atoms with van der Waals surface area (Å²) in [4.78, 5) is 12.0. The van der Waals surface area contributed by atoms with E-state index >= 15 is 0 Å². The highest BCUT2D eigenvalue weighted by Gasteiger charge is 2.10. The summed E-state index contributed by atoms with van der Waals surface area (Å²) in [6.07, 6.45) is 0. The fraction of sp³-hybridized carbons (Fsp3) is 0.0714. The van der Waals surface area contributed by atoms with Crippen molar-refractivity contribution in [3.05, 3.63) is 64.4 Å². The molecule has 6 heteroatoms. The lowest BCUT2D eigenvalue weighted by Gasteiger charge is -2.09. The number of carbonyl (C=O) groups is 1. The highest BCUT2D eigenvalue weighted by molar-refractivity contribution is 6.30. The molecule has 0 aromatic heterocycles. The van der Waals surface area contributed by atoms with E-state index < -0.39 is 5.82 Å². The summed E-state index contributed by atoms with van der Waals surface area (Å²) in [6.45, 7) is 0.248. The van der Waals surface area contributed by atoms with Gasteiger partial charge in [-0.2, -0.15) is 0 Å². The monoisotopic (exact) mass is 293 g/mol. The summed E-state index contributed by atoms with van der Waals surface area (Å²) >= 11 is 5.68. The third kappa shape index (κ3) is 3.26. The van der Waals surface area contributed by atoms with Gasteiger partial charge in [0.15, 0.2) is 0 Å². The third-order valence-corrected chi connectivity index (χ3v) is 3.05. The molecule has 2 aromatic rings. The van der Waals surface area contributed by atoms with Crippen molar-refractivity contribution in [2.45, 2.75) is 6.54 Å². The van der Waals surface area contributed by atoms with E-state index in [1.165, 1.54) is 12.1 Å². The van der Waals surface area contributed by atoms with Crippen LogP contribution in [0.4, 0.5) is 10.1 Å². The Bertz CT molecular complexity index is 634. The molecule has 0 aliphatic carbocycles. The van der Waals surface area contributed by atoms with Gasteiger partial charge in [-0.15, -0.1) is 0 Å². The number of carbonyl (C=O) groups excluding carboxylic acids is 1. The molecule has 0 unspecified atom stereocenters. The van der Waals surface area contributed by atoms with Gasteiger partial charge in [-0.05, 0) is 29.8 Å². The molecule has 0 atom stereocenters. The smallest absolute Gasteiger partial charge is 0.253 e. The summed E-state index contributed by atoms with van der Waals surface area (Å²) in [5.74, 6) is 4.58. The molecular weight excluding hydrogens is 281 g/mol. The van der Waals surface area contributed by atoms with Crippen LogP contribution < -0.4 is 16.6 Å². The Morgan fingerprint density at radius 3 is 2.70 bits per heavy atom. The Kier molecular flexibility index (Phi) is 4.55. The fourth-order valence-electron chi connectivity index (χ4n) is 1.73. The van der Waals surface area contributed by atoms with E-state index in [-0.39, 0.29) is 17.5 Å². The molecule has 0 bridgehead atoms. The van der Waals surface area contributed by atoms with Crippen LogP contribution in [0.25, 0.3) is 0 Å². The van der Waals surface area contributed by atoms with Crippen molar-refractivity contribution in [2.24, 2.45) is 5.84 Å². The van der Waals surface area contributed by atoms with Crippen LogP contribution in [0.15, 0.2) is 42.5 Å². The average Bonchev–Trinajstić information content (AvgIpc) is 2.48. The van der Waals surface area contributed by atoms with E-state index in [1.54, 1.807) is 30.3 Å². The second-order valence-corrected chi connectivity index (χ2v) is 4.53. The van der Waals surface area contributed by atoms with Crippen LogP contribution in [0, 0.1) is 5.82 Å². The number of hydrogen-bond donors (Lipinski definition) is 3. The van der Waals surface area contributed by atoms with Gasteiger partial charge >= 0.3 is 0 Å². The van der Waals surface area contributed by atoms with Gasteiger partial charge in [0.2, 0.25) is 0 Å². The van der Waals surface area contributed by atoms with Crippen LogP contribution in [-0.4, -0.2) is 5.91 Å². The SMILES string of the molecule is NNc1ccccc1C(=O)NCc1ccc(F)c(Cl)c1. The zero-order valence-electron chi connectivity index (χ0n) is 10.5. The molecule has 0 aliphatic rings. The normalized spacial score (nSPS) is 10.2. The summed E-state index contributed by atoms with van der Waals surface area (Å²) in [5, 5.41) is 2.75. The van der Waals surface area contributed by atoms with Crippen LogP contribution in [0.1, 0.15) is 15.9 Å². The molecule has 20 heavy (non-hydrogen) atoms. The lowest BCUT2D eigenvalue weighted by molar-refractivity contribution is 0.0951. The number of halogens is 2. The van der Waals surface area contributed by atoms with Crippen molar-refractivity contribution < 1.29 is 9.18 Å². The highest BCUT2D eigenvalue weighted by atomic mass is 35.5. The molecule has 2 aromatic carbocycles. The summed E-state index contributed by atoms with van der Waals surface area (Å²) in [5.41, 5.74) is 4.13. The zero-order chi connectivity index (χ0) is 14.5. The Labute approximate surface area is 120 Å². The van der Waals surface area contributed by atoms with Crippen molar-refractivity contribution >= 4 is 23.2 Å². The van der Waals surface area contributed by atoms with E-state index in [9.17, 15) is 9.18 Å². The van der Waals surface area contributed by atoms with E-state index in [1.807, 2.05) is 0 Å². The minimum absolute atomic E-state index is 0.0285. The average molecular weight is 294 g/mol. The second-order valence-electron chi connectivity index (χ2n) is 4.12. The second kappa shape index (κ2) is 6.36. The predicted molar refractivity (Wildman–Crippen MR) is 76.8 cm³/mol. The third-order valence-electron chi connectivity index (χ3n) is 2.76. The molecule has 0 saturated carbocycles. The number of nitrogens with one attached hydrogen (secondary N) is 2. The van der Waals surface area contributed by atoms with Gasteiger partial charge in [0, 0.05) is 6.54 Å². The quantitative estimate of drug-likeness (QED) is 0.600. The van der Waals surface area contributed by atoms with Crippen LogP contribution in [0.3, 0.4) is 0 Å². The Morgan fingerprint density at radius 2 is 2.00 bits per heavy atom. The van der Waals surface area contributed by atoms with Gasteiger partial charge in [-0.25, -0.2) is 4.39 Å². The lowest BCUT2D eigenvalue weighted by atomic mass is 10.1. The van der Waals surface area contributed by atoms with Crippen molar-refractivity contribution in [1.29, 1.82) is 0 Å². The first kappa shape index (κ1) is 14.3. The fourth-order valence-corrected chi connectivity index (χ4v) is 1.94. The number of nitrogens with two attached hydrogens (primary N) is 1. The Hall–Kier alpha value is -2.11. The first-order valence-electron chi connectivity index (χ1n) is 5.89. The molecule has 104 valence electrons. The molecule has 4 nitrogen and oxygen atoms in total. The van der Waals surface area contributed by atoms with Crippen molar-refractivity contribution in [3.8, 4) is 0 Å². The molecule has 0 fully saturated rings. The Morgan fingerprint density at radius 1 is 1.25 bits per heavy atom. The van der Waals surface area contributed by atoms with Crippen LogP contribution in [-0.2, 0) is 6.54 Å². The standard InChI is InChI=1S/C14H13ClFN3O/c15-11-7-9(5-6-12(11)16)8-18-14(20)10-3-1-2-4-13(10)19-17/h1-7,19H,8,17H2,(H,18,20). The van der Waals surface area contributed by atoms with Crippen LogP contribution >= 0.6 is 11.6 Å². The summed E-state index contributed by atoms with van der Waals surface area (Å²) < 4.78 is 13.0. The Balaban J connectivity index is 2.06. The molecule has 2 rings (SSSR count). The maximum absolute atomic E-state index is 13.0. The number of rotatable bonds is 4. The van der Waals surface area contributed by atoms with Gasteiger partial charge in [0.25, 0.3) is 5.91 Å². The van der Waals surface area contributed by atoms with Gasteiger partial charge in [0.1, 0.15) is 5.82 Å². The molecule has 4 N–H and O–H groups in total. The minimum Gasteiger partial charge on any atom is -0.348 e. The number of hydrogen-bond acceptors (Lipinski definition) is 3. The first-order valence-corrected chi connectivity index (χ1v) is 6.27. The van der Waals surface area contributed by atoms with E-state index in [2.05, 4.69) is 10.7 Å². The molecule has 0 radical (unpaired) electrons. The van der Waals surface area contributed by atoms with E-state index in [0.29, 0.717) is 16.8 Å². The molecule has 1 amide bonds. The molecule has 0 aliphatic heterocycles. The summed E-state index contributed by atoms with van der Waals surface area (Å²) in [6, 6.07) is 11.2. The summed E-state index contributed by atoms with van der Waals surface area (Å²) in [7, 11) is 0. The van der Waals surface area contributed by atoms with Crippen LogP contribution in [0.2, 0.25) is 5.02 Å². The number of benzene rings is 2. The minimum atomic E-state index is -0.487. The number of anilines is 1. The van der Waals surface area contributed by atoms with Gasteiger partial charge in [-0.1, -0.05) is 29.8 Å². The van der Waals surface area contributed by atoms with E-state index in [4.69, 9.17) is 17.4 Å². The molecular formula is C14H13ClFN3O. The topological polar surface area (TPSA) is 67.1 Å². The van der Waals surface area contributed by atoms with Gasteiger partial charge in [-0.3, -0.25) is 10.6 Å². The predicted octanol–water partition coefficient (Wildman–Crippen LogP) is 2.69. The van der Waals surface area contributed by atoms with Crippen molar-refractivity contribution in [3.63, 3.8) is 0 Å². The van der Waals surface area contributed by atoms with Gasteiger partial charge < -0.3 is 10.7 Å². The first-order chi connectivity index (χ1) is 9.61. The maximum Gasteiger partial charge on any atom is 0.253 e. The zero-order valence-corrected chi connectivity index (χ0v) is 11.2. The number of hydrazine groups is 1. The highest BCUT2D eigenvalue weighted by Crippen LogP contribution is 2.17. The van der Waals surface area contributed by atoms with Crippen molar-refractivity contribution in [2.75, 3.05) is 5.43 Å². The number of nitrogen functional groups attached to an aromatic ring is 1. The molecule has 0 heterocycles. The lowest BCUT2D eigenvalue weighted by Crippen LogP contribution is -2.24. The van der Waals surface area contributed by atoms with E-state index in [0.717, 1.165) is 0 Å². The van der Waals surface area contributed by atoms with Crippen LogP contribution in [0.5, 0.6) is 0 Å². The van der Waals surface area contributed by atoms with Crippen molar-refractivity contribution in [1.82, 2.24) is 5.32 Å². The number of amides is 1. The van der Waals surface area contributed by atoms with Gasteiger partial charge in [0.05, 0.1) is 16.3 Å². The number of para-hydroxylation sites is 1.